The zero-order valence-corrected chi connectivity index (χ0v) is 18.1. The number of pyridine rings is 1. The third kappa shape index (κ3) is 2.91. The van der Waals surface area contributed by atoms with E-state index in [0.717, 1.165) is 27.7 Å². The highest BCUT2D eigenvalue weighted by Gasteiger charge is 2.16. The molecule has 0 aliphatic carbocycles. The normalized spacial score (nSPS) is 11.5. The molecule has 31 heavy (non-hydrogen) atoms. The van der Waals surface area contributed by atoms with Crippen molar-refractivity contribution < 1.29 is 0 Å². The van der Waals surface area contributed by atoms with Gasteiger partial charge >= 0.3 is 0 Å². The average Bonchev–Trinajstić information content (AvgIpc) is 3.18. The fraction of sp³-hybridized carbons (Fsp3) is 0.0741. The Morgan fingerprint density at radius 2 is 1.74 bits per heavy atom. The number of aryl methyl sites for hydroxylation is 2. The Hall–Kier alpha value is -3.63. The highest BCUT2D eigenvalue weighted by atomic mass is 32.1. The van der Waals surface area contributed by atoms with E-state index >= 15 is 0 Å². The number of hydrogen-bond acceptors (Lipinski definition) is 4. The van der Waals surface area contributed by atoms with Gasteiger partial charge in [0.1, 0.15) is 6.33 Å². The van der Waals surface area contributed by atoms with Gasteiger partial charge in [-0.2, -0.15) is 0 Å². The minimum atomic E-state index is 0.943. The molecule has 148 valence electrons. The lowest BCUT2D eigenvalue weighted by atomic mass is 9.98. The third-order valence-corrected chi connectivity index (χ3v) is 7.04. The molecule has 0 unspecified atom stereocenters. The Balaban J connectivity index is 1.63. The van der Waals surface area contributed by atoms with E-state index in [4.69, 9.17) is 4.98 Å². The Kier molecular flexibility index (Phi) is 4.08. The number of thiophene rings is 1. The molecule has 0 saturated heterocycles. The van der Waals surface area contributed by atoms with Crippen LogP contribution in [0.4, 0.5) is 0 Å². The zero-order valence-electron chi connectivity index (χ0n) is 17.3. The van der Waals surface area contributed by atoms with Crippen molar-refractivity contribution in [2.24, 2.45) is 0 Å². The van der Waals surface area contributed by atoms with Gasteiger partial charge in [0, 0.05) is 49.1 Å². The van der Waals surface area contributed by atoms with Crippen LogP contribution in [0.25, 0.3) is 53.5 Å². The van der Waals surface area contributed by atoms with Gasteiger partial charge in [0.05, 0.1) is 11.2 Å². The molecule has 0 saturated carbocycles. The van der Waals surface area contributed by atoms with Crippen LogP contribution >= 0.6 is 11.3 Å². The first kappa shape index (κ1) is 18.2. The van der Waals surface area contributed by atoms with E-state index in [1.165, 1.54) is 36.9 Å². The van der Waals surface area contributed by atoms with Crippen molar-refractivity contribution in [2.75, 3.05) is 0 Å². The molecule has 0 amide bonds. The van der Waals surface area contributed by atoms with Crippen LogP contribution < -0.4 is 0 Å². The average molecular weight is 418 g/mol. The molecule has 4 heteroatoms. The fourth-order valence-corrected chi connectivity index (χ4v) is 5.69. The molecule has 6 rings (SSSR count). The van der Waals surface area contributed by atoms with E-state index in [0.29, 0.717) is 0 Å². The van der Waals surface area contributed by atoms with Crippen LogP contribution in [0, 0.1) is 13.8 Å². The molecule has 0 N–H and O–H groups in total. The lowest BCUT2D eigenvalue weighted by Crippen LogP contribution is -1.91. The lowest BCUT2D eigenvalue weighted by Gasteiger charge is -2.10. The minimum Gasteiger partial charge on any atom is -0.264 e. The van der Waals surface area contributed by atoms with Crippen LogP contribution in [0.3, 0.4) is 0 Å². The van der Waals surface area contributed by atoms with Gasteiger partial charge in [0.15, 0.2) is 0 Å². The summed E-state index contributed by atoms with van der Waals surface area (Å²) in [4.78, 5) is 13.6. The SMILES string of the molecule is Cc1cc(-c2ncnc3cc(-c4cccnc4)ccc23)c2sc3cccc(C)c3c2c1. The Morgan fingerprint density at radius 3 is 2.61 bits per heavy atom. The highest BCUT2D eigenvalue weighted by Crippen LogP contribution is 2.42. The van der Waals surface area contributed by atoms with Crippen molar-refractivity contribution in [2.45, 2.75) is 13.8 Å². The minimum absolute atomic E-state index is 0.943. The fourth-order valence-electron chi connectivity index (χ4n) is 4.41. The first-order valence-corrected chi connectivity index (χ1v) is 11.1. The van der Waals surface area contributed by atoms with Crippen molar-refractivity contribution >= 4 is 42.4 Å². The van der Waals surface area contributed by atoms with Gasteiger partial charge in [-0.15, -0.1) is 11.3 Å². The summed E-state index contributed by atoms with van der Waals surface area (Å²) in [6.45, 7) is 4.35. The number of rotatable bonds is 2. The number of aromatic nitrogens is 3. The van der Waals surface area contributed by atoms with Crippen LogP contribution in [-0.4, -0.2) is 15.0 Å². The summed E-state index contributed by atoms with van der Waals surface area (Å²) in [6, 6.07) is 21.5. The Labute approximate surface area is 184 Å². The molecule has 6 aromatic rings. The van der Waals surface area contributed by atoms with E-state index in [1.807, 2.05) is 23.6 Å². The van der Waals surface area contributed by atoms with Gasteiger partial charge in [0.2, 0.25) is 0 Å². The summed E-state index contributed by atoms with van der Waals surface area (Å²) in [6.07, 6.45) is 5.35. The van der Waals surface area contributed by atoms with E-state index < -0.39 is 0 Å². The second-order valence-electron chi connectivity index (χ2n) is 7.94. The van der Waals surface area contributed by atoms with E-state index in [1.54, 1.807) is 12.5 Å². The van der Waals surface area contributed by atoms with Crippen molar-refractivity contribution in [1.82, 2.24) is 15.0 Å². The first-order valence-electron chi connectivity index (χ1n) is 10.3. The van der Waals surface area contributed by atoms with Crippen LogP contribution in [-0.2, 0) is 0 Å². The van der Waals surface area contributed by atoms with Gasteiger partial charge in [-0.05, 0) is 66.9 Å². The van der Waals surface area contributed by atoms with E-state index in [9.17, 15) is 0 Å². The van der Waals surface area contributed by atoms with Gasteiger partial charge in [0.25, 0.3) is 0 Å². The number of benzene rings is 3. The smallest absolute Gasteiger partial charge is 0.116 e. The summed E-state index contributed by atoms with van der Waals surface area (Å²) in [7, 11) is 0. The zero-order chi connectivity index (χ0) is 20.9. The second kappa shape index (κ2) is 6.96. The third-order valence-electron chi connectivity index (χ3n) is 5.84. The van der Waals surface area contributed by atoms with Crippen LogP contribution in [0.1, 0.15) is 11.1 Å². The maximum Gasteiger partial charge on any atom is 0.116 e. The quantitative estimate of drug-likeness (QED) is 0.296. The monoisotopic (exact) mass is 417 g/mol. The summed E-state index contributed by atoms with van der Waals surface area (Å²) < 4.78 is 2.60. The van der Waals surface area contributed by atoms with Crippen LogP contribution in [0.15, 0.2) is 79.4 Å². The second-order valence-corrected chi connectivity index (χ2v) is 8.99. The molecule has 0 atom stereocenters. The molecule has 3 heterocycles. The largest absolute Gasteiger partial charge is 0.264 e. The lowest BCUT2D eigenvalue weighted by molar-refractivity contribution is 1.23. The van der Waals surface area contributed by atoms with Crippen molar-refractivity contribution in [3.05, 3.63) is 90.5 Å². The molecular formula is C27H19N3S. The molecule has 0 aliphatic rings. The molecular weight excluding hydrogens is 398 g/mol. The number of hydrogen-bond donors (Lipinski definition) is 0. The van der Waals surface area contributed by atoms with Crippen molar-refractivity contribution in [3.63, 3.8) is 0 Å². The predicted octanol–water partition coefficient (Wildman–Crippen LogP) is 7.34. The maximum absolute atomic E-state index is 4.75. The van der Waals surface area contributed by atoms with Gasteiger partial charge < -0.3 is 0 Å². The molecule has 0 bridgehead atoms. The number of nitrogens with zero attached hydrogens (tertiary/aromatic N) is 3. The first-order chi connectivity index (χ1) is 15.2. The standard InChI is InChI=1S/C27H19N3S/c1-16-11-21-25-17(2)5-3-7-24(25)31-27(21)22(12-16)26-20-9-8-18(13-23(20)29-15-30-26)19-6-4-10-28-14-19/h3-15H,1-2H3. The molecule has 0 radical (unpaired) electrons. The topological polar surface area (TPSA) is 38.7 Å². The molecule has 0 spiro atoms. The molecule has 3 aromatic heterocycles. The molecule has 0 aliphatic heterocycles. The molecule has 0 fully saturated rings. The van der Waals surface area contributed by atoms with E-state index in [2.05, 4.69) is 78.4 Å². The summed E-state index contributed by atoms with van der Waals surface area (Å²) in [5.74, 6) is 0. The van der Waals surface area contributed by atoms with Gasteiger partial charge in [-0.3, -0.25) is 4.98 Å². The summed E-state index contributed by atoms with van der Waals surface area (Å²) >= 11 is 1.85. The van der Waals surface area contributed by atoms with Gasteiger partial charge in [-0.25, -0.2) is 9.97 Å². The Morgan fingerprint density at radius 1 is 0.806 bits per heavy atom. The van der Waals surface area contributed by atoms with Gasteiger partial charge in [-0.1, -0.05) is 24.3 Å². The molecule has 3 aromatic carbocycles. The van der Waals surface area contributed by atoms with Crippen LogP contribution in [0.2, 0.25) is 0 Å². The maximum atomic E-state index is 4.75. The Bertz CT molecular complexity index is 1600. The summed E-state index contributed by atoms with van der Waals surface area (Å²) in [5, 5.41) is 3.73. The highest BCUT2D eigenvalue weighted by molar-refractivity contribution is 7.26. The van der Waals surface area contributed by atoms with Crippen LogP contribution in [0.5, 0.6) is 0 Å². The van der Waals surface area contributed by atoms with Crippen molar-refractivity contribution in [1.29, 1.82) is 0 Å². The van der Waals surface area contributed by atoms with Crippen molar-refractivity contribution in [3.8, 4) is 22.4 Å². The molecule has 3 nitrogen and oxygen atoms in total. The summed E-state index contributed by atoms with van der Waals surface area (Å²) in [5.41, 5.74) is 7.86. The van der Waals surface area contributed by atoms with E-state index in [-0.39, 0.29) is 0 Å². The predicted molar refractivity (Wildman–Crippen MR) is 131 cm³/mol. The number of fused-ring (bicyclic) bond motifs is 4.